The van der Waals surface area contributed by atoms with Crippen LogP contribution in [0.25, 0.3) is 11.0 Å². The lowest BCUT2D eigenvalue weighted by Gasteiger charge is -2.07. The number of Topliss-reactive ketones (excluding diaryl/α,β-unsaturated/α-hetero) is 1. The number of thioether (sulfide) groups is 1. The Labute approximate surface area is 167 Å². The summed E-state index contributed by atoms with van der Waals surface area (Å²) in [5, 5.41) is 0.779. The predicted octanol–water partition coefficient (Wildman–Crippen LogP) is 3.97. The Morgan fingerprint density at radius 2 is 1.86 bits per heavy atom. The maximum atomic E-state index is 12.1. The number of ether oxygens (including phenoxy) is 2. The normalized spacial score (nSPS) is 10.8. The first-order chi connectivity index (χ1) is 13.6. The van der Waals surface area contributed by atoms with Gasteiger partial charge in [0, 0.05) is 12.1 Å². The van der Waals surface area contributed by atoms with Gasteiger partial charge in [0.05, 0.1) is 23.9 Å². The van der Waals surface area contributed by atoms with Gasteiger partial charge in [-0.2, -0.15) is 0 Å². The molecule has 0 saturated heterocycles. The molecule has 0 amide bonds. The highest BCUT2D eigenvalue weighted by atomic mass is 32.2. The Kier molecular flexibility index (Phi) is 6.71. The summed E-state index contributed by atoms with van der Waals surface area (Å²) in [4.78, 5) is 28.8. The monoisotopic (exact) mass is 398 g/mol. The molecular formula is C21H22N2O4S. The number of hydrogen-bond acceptors (Lipinski definition) is 6. The fourth-order valence-electron chi connectivity index (χ4n) is 2.77. The lowest BCUT2D eigenvalue weighted by atomic mass is 10.1. The number of methoxy groups -OCH3 is 1. The van der Waals surface area contributed by atoms with Gasteiger partial charge in [0.25, 0.3) is 0 Å². The second-order valence-corrected chi connectivity index (χ2v) is 7.08. The molecule has 0 fully saturated rings. The van der Waals surface area contributed by atoms with Gasteiger partial charge in [-0.1, -0.05) is 30.8 Å². The number of benzene rings is 2. The Balaban J connectivity index is 1.56. The van der Waals surface area contributed by atoms with E-state index in [1.54, 1.807) is 31.4 Å². The molecule has 0 aliphatic carbocycles. The number of aryl methyl sites for hydroxylation is 1. The summed E-state index contributed by atoms with van der Waals surface area (Å²) in [6.07, 6.45) is 0.967. The summed E-state index contributed by atoms with van der Waals surface area (Å²) in [6.45, 7) is 2.65. The van der Waals surface area contributed by atoms with Gasteiger partial charge in [-0.15, -0.1) is 0 Å². The number of carbonyl (C=O) groups is 2. The van der Waals surface area contributed by atoms with Crippen molar-refractivity contribution in [2.45, 2.75) is 25.0 Å². The van der Waals surface area contributed by atoms with E-state index in [4.69, 9.17) is 9.47 Å². The smallest absolute Gasteiger partial charge is 0.316 e. The molecule has 2 aromatic carbocycles. The van der Waals surface area contributed by atoms with E-state index in [1.165, 1.54) is 11.8 Å². The Hall–Kier alpha value is -2.80. The number of aromatic nitrogens is 2. The molecule has 1 aromatic heterocycles. The van der Waals surface area contributed by atoms with Crippen molar-refractivity contribution in [3.63, 3.8) is 0 Å². The molecule has 0 aliphatic rings. The molecule has 28 heavy (non-hydrogen) atoms. The number of esters is 1. The van der Waals surface area contributed by atoms with Crippen molar-refractivity contribution in [1.82, 2.24) is 9.55 Å². The first kappa shape index (κ1) is 19.9. The average Bonchev–Trinajstić information content (AvgIpc) is 3.08. The number of nitrogens with zero attached hydrogens (tertiary/aromatic N) is 2. The fourth-order valence-corrected chi connectivity index (χ4v) is 3.61. The summed E-state index contributed by atoms with van der Waals surface area (Å²) < 4.78 is 12.3. The van der Waals surface area contributed by atoms with Crippen molar-refractivity contribution in [2.24, 2.45) is 0 Å². The average molecular weight is 398 g/mol. The Morgan fingerprint density at radius 3 is 2.57 bits per heavy atom. The van der Waals surface area contributed by atoms with Gasteiger partial charge >= 0.3 is 5.97 Å². The van der Waals surface area contributed by atoms with E-state index in [9.17, 15) is 9.59 Å². The molecular weight excluding hydrogens is 376 g/mol. The third-order valence-corrected chi connectivity index (χ3v) is 5.11. The minimum atomic E-state index is -0.443. The van der Waals surface area contributed by atoms with E-state index in [0.717, 1.165) is 29.2 Å². The van der Waals surface area contributed by atoms with Crippen LogP contribution in [0.1, 0.15) is 23.7 Å². The SMILES string of the molecule is CCCn1c(SCC(=O)OCC(=O)c2ccc(OC)cc2)nc2ccccc21. The molecule has 1 heterocycles. The number of ketones is 1. The molecule has 3 aromatic rings. The number of imidazole rings is 1. The first-order valence-corrected chi connectivity index (χ1v) is 10.0. The molecule has 0 N–H and O–H groups in total. The second kappa shape index (κ2) is 9.41. The molecule has 0 unspecified atom stereocenters. The van der Waals surface area contributed by atoms with Crippen molar-refractivity contribution in [3.05, 3.63) is 54.1 Å². The van der Waals surface area contributed by atoms with Gasteiger partial charge in [-0.05, 0) is 42.8 Å². The molecule has 0 spiro atoms. The third kappa shape index (κ3) is 4.72. The quantitative estimate of drug-likeness (QED) is 0.309. The second-order valence-electron chi connectivity index (χ2n) is 6.14. The first-order valence-electron chi connectivity index (χ1n) is 9.03. The number of hydrogen-bond donors (Lipinski definition) is 0. The van der Waals surface area contributed by atoms with Gasteiger partial charge in [0.2, 0.25) is 0 Å². The zero-order valence-electron chi connectivity index (χ0n) is 15.9. The Bertz CT molecular complexity index is 966. The molecule has 0 aliphatic heterocycles. The minimum absolute atomic E-state index is 0.100. The fraction of sp³-hybridized carbons (Fsp3) is 0.286. The van der Waals surface area contributed by atoms with E-state index in [1.807, 2.05) is 24.3 Å². The summed E-state index contributed by atoms with van der Waals surface area (Å²) >= 11 is 1.32. The number of fused-ring (bicyclic) bond motifs is 1. The molecule has 7 heteroatoms. The van der Waals surface area contributed by atoms with Crippen LogP contribution in [0.5, 0.6) is 5.75 Å². The van der Waals surface area contributed by atoms with Gasteiger partial charge in [-0.25, -0.2) is 4.98 Å². The molecule has 6 nitrogen and oxygen atoms in total. The van der Waals surface area contributed by atoms with Gasteiger partial charge < -0.3 is 14.0 Å². The summed E-state index contributed by atoms with van der Waals surface area (Å²) in [5.74, 6) is 0.0734. The predicted molar refractivity (Wildman–Crippen MR) is 109 cm³/mol. The van der Waals surface area contributed by atoms with Crippen molar-refractivity contribution in [2.75, 3.05) is 19.5 Å². The molecule has 0 atom stereocenters. The minimum Gasteiger partial charge on any atom is -0.497 e. The van der Waals surface area contributed by atoms with Crippen LogP contribution >= 0.6 is 11.8 Å². The van der Waals surface area contributed by atoms with Crippen LogP contribution in [0.15, 0.2) is 53.7 Å². The van der Waals surface area contributed by atoms with E-state index < -0.39 is 5.97 Å². The topological polar surface area (TPSA) is 70.4 Å². The van der Waals surface area contributed by atoms with Crippen LogP contribution in [-0.4, -0.2) is 40.8 Å². The Morgan fingerprint density at radius 1 is 1.11 bits per heavy atom. The lowest BCUT2D eigenvalue weighted by molar-refractivity contribution is -0.139. The van der Waals surface area contributed by atoms with Gasteiger partial charge in [-0.3, -0.25) is 9.59 Å². The van der Waals surface area contributed by atoms with Crippen LogP contribution < -0.4 is 4.74 Å². The van der Waals surface area contributed by atoms with Crippen LogP contribution in [0.4, 0.5) is 0 Å². The highest BCUT2D eigenvalue weighted by Gasteiger charge is 2.14. The molecule has 146 valence electrons. The van der Waals surface area contributed by atoms with Crippen molar-refractivity contribution in [1.29, 1.82) is 0 Å². The van der Waals surface area contributed by atoms with Gasteiger partial charge in [0.15, 0.2) is 17.5 Å². The summed E-state index contributed by atoms with van der Waals surface area (Å²) in [6, 6.07) is 14.6. The molecule has 0 bridgehead atoms. The van der Waals surface area contributed by atoms with E-state index in [2.05, 4.69) is 16.5 Å². The van der Waals surface area contributed by atoms with Gasteiger partial charge in [0.1, 0.15) is 5.75 Å². The standard InChI is InChI=1S/C21H22N2O4S/c1-3-12-23-18-7-5-4-6-17(18)22-21(23)28-14-20(25)27-13-19(24)15-8-10-16(26-2)11-9-15/h4-11H,3,12-14H2,1-2H3. The van der Waals surface area contributed by atoms with E-state index in [-0.39, 0.29) is 18.1 Å². The third-order valence-electron chi connectivity index (χ3n) is 4.16. The lowest BCUT2D eigenvalue weighted by Crippen LogP contribution is -2.15. The number of para-hydroxylation sites is 2. The van der Waals surface area contributed by atoms with Crippen LogP contribution in [0.2, 0.25) is 0 Å². The highest BCUT2D eigenvalue weighted by molar-refractivity contribution is 7.99. The maximum absolute atomic E-state index is 12.1. The summed E-state index contributed by atoms with van der Waals surface area (Å²) in [5.41, 5.74) is 2.43. The molecule has 3 rings (SSSR count). The zero-order valence-corrected chi connectivity index (χ0v) is 16.7. The van der Waals surface area contributed by atoms with Crippen molar-refractivity contribution >= 4 is 34.5 Å². The van der Waals surface area contributed by atoms with Crippen molar-refractivity contribution < 1.29 is 19.1 Å². The van der Waals surface area contributed by atoms with Crippen LogP contribution in [0, 0.1) is 0 Å². The highest BCUT2D eigenvalue weighted by Crippen LogP contribution is 2.24. The summed E-state index contributed by atoms with van der Waals surface area (Å²) in [7, 11) is 1.56. The van der Waals surface area contributed by atoms with E-state index >= 15 is 0 Å². The molecule has 0 radical (unpaired) electrons. The van der Waals surface area contributed by atoms with Crippen LogP contribution in [-0.2, 0) is 16.1 Å². The van der Waals surface area contributed by atoms with E-state index in [0.29, 0.717) is 11.3 Å². The number of rotatable bonds is 9. The molecule has 0 saturated carbocycles. The maximum Gasteiger partial charge on any atom is 0.316 e. The van der Waals surface area contributed by atoms with Crippen LogP contribution in [0.3, 0.4) is 0 Å². The number of carbonyl (C=O) groups excluding carboxylic acids is 2. The largest absolute Gasteiger partial charge is 0.497 e. The zero-order chi connectivity index (χ0) is 19.9. The van der Waals surface area contributed by atoms with Crippen molar-refractivity contribution in [3.8, 4) is 5.75 Å².